The zero-order valence-corrected chi connectivity index (χ0v) is 24.9. The van der Waals surface area contributed by atoms with Crippen molar-refractivity contribution in [1.82, 2.24) is 4.90 Å². The summed E-state index contributed by atoms with van der Waals surface area (Å²) < 4.78 is 13.0. The molecule has 0 bridgehead atoms. The predicted molar refractivity (Wildman–Crippen MR) is 148 cm³/mol. The minimum Gasteiger partial charge on any atom is -0.415 e. The second-order valence-corrected chi connectivity index (χ2v) is 20.5. The van der Waals surface area contributed by atoms with Gasteiger partial charge in [0.1, 0.15) is 0 Å². The Kier molecular flexibility index (Phi) is 12.8. The standard InChI is InChI=1S/C27H51NO3Si2/c1-10-33(11-2,12-3)31-22-24(4)18-19-28(20-25-16-14-13-15-17-25)26(21-29)23-30-32(8,9)27(5,6)7/h13-18,26,29H,10-12,19-23H2,1-9H3/b24-18+/t26-/m0/s1. The molecule has 0 aliphatic heterocycles. The molecule has 0 amide bonds. The summed E-state index contributed by atoms with van der Waals surface area (Å²) in [5.41, 5.74) is 2.52. The highest BCUT2D eigenvalue weighted by molar-refractivity contribution is 6.74. The fraction of sp³-hybridized carbons (Fsp3) is 0.704. The summed E-state index contributed by atoms with van der Waals surface area (Å²) in [6.07, 6.45) is 2.28. The molecule has 33 heavy (non-hydrogen) atoms. The third-order valence-electron chi connectivity index (χ3n) is 7.61. The lowest BCUT2D eigenvalue weighted by Gasteiger charge is -2.39. The molecule has 1 N–H and O–H groups in total. The van der Waals surface area contributed by atoms with Crippen molar-refractivity contribution in [2.24, 2.45) is 0 Å². The first kappa shape index (κ1) is 30.3. The molecule has 1 aromatic rings. The quantitative estimate of drug-likeness (QED) is 0.214. The smallest absolute Gasteiger partial charge is 0.192 e. The Morgan fingerprint density at radius 1 is 1.03 bits per heavy atom. The van der Waals surface area contributed by atoms with Gasteiger partial charge < -0.3 is 14.0 Å². The minimum absolute atomic E-state index is 0.0420. The molecule has 0 saturated heterocycles. The topological polar surface area (TPSA) is 41.9 Å². The number of rotatable bonds is 15. The lowest BCUT2D eigenvalue weighted by atomic mass is 10.1. The largest absolute Gasteiger partial charge is 0.415 e. The molecule has 0 unspecified atom stereocenters. The maximum atomic E-state index is 10.3. The van der Waals surface area contributed by atoms with Crippen molar-refractivity contribution < 1.29 is 14.0 Å². The van der Waals surface area contributed by atoms with Crippen LogP contribution in [-0.4, -0.2) is 59.0 Å². The van der Waals surface area contributed by atoms with Crippen molar-refractivity contribution in [1.29, 1.82) is 0 Å². The van der Waals surface area contributed by atoms with Crippen molar-refractivity contribution in [2.75, 3.05) is 26.4 Å². The Balaban J connectivity index is 2.95. The van der Waals surface area contributed by atoms with Gasteiger partial charge in [-0.05, 0) is 48.8 Å². The van der Waals surface area contributed by atoms with E-state index in [9.17, 15) is 5.11 Å². The SMILES string of the molecule is CC[Si](CC)(CC)OC/C(C)=C/CN(Cc1ccccc1)[C@@H](CO)CO[Si](C)(C)C(C)(C)C. The lowest BCUT2D eigenvalue weighted by Crippen LogP contribution is -2.47. The number of benzene rings is 1. The molecule has 4 nitrogen and oxygen atoms in total. The van der Waals surface area contributed by atoms with E-state index in [0.29, 0.717) is 13.2 Å². The zero-order valence-electron chi connectivity index (χ0n) is 22.9. The van der Waals surface area contributed by atoms with Crippen molar-refractivity contribution in [3.8, 4) is 0 Å². The Hall–Kier alpha value is -0.766. The van der Waals surface area contributed by atoms with E-state index in [-0.39, 0.29) is 17.7 Å². The van der Waals surface area contributed by atoms with Gasteiger partial charge in [-0.15, -0.1) is 0 Å². The number of hydrogen-bond acceptors (Lipinski definition) is 4. The summed E-state index contributed by atoms with van der Waals surface area (Å²) in [4.78, 5) is 2.34. The van der Waals surface area contributed by atoms with Gasteiger partial charge in [-0.1, -0.05) is 83.5 Å². The molecule has 0 heterocycles. The molecule has 6 heteroatoms. The van der Waals surface area contributed by atoms with Gasteiger partial charge >= 0.3 is 0 Å². The molecule has 0 aliphatic rings. The second-order valence-electron chi connectivity index (χ2n) is 10.9. The van der Waals surface area contributed by atoms with Crippen LogP contribution in [0, 0.1) is 0 Å². The van der Waals surface area contributed by atoms with Crippen molar-refractivity contribution >= 4 is 16.6 Å². The number of nitrogens with zero attached hydrogens (tertiary/aromatic N) is 1. The molecule has 0 aliphatic carbocycles. The van der Waals surface area contributed by atoms with Crippen LogP contribution in [0.1, 0.15) is 54.0 Å². The van der Waals surface area contributed by atoms with Gasteiger partial charge in [-0.3, -0.25) is 4.90 Å². The van der Waals surface area contributed by atoms with E-state index < -0.39 is 16.6 Å². The molecule has 0 spiro atoms. The van der Waals surface area contributed by atoms with E-state index in [1.165, 1.54) is 29.3 Å². The number of hydrogen-bond donors (Lipinski definition) is 1. The third kappa shape index (κ3) is 9.78. The highest BCUT2D eigenvalue weighted by Gasteiger charge is 2.38. The first-order chi connectivity index (χ1) is 15.4. The molecule has 0 fully saturated rings. The fourth-order valence-corrected chi connectivity index (χ4v) is 7.30. The van der Waals surface area contributed by atoms with Crippen molar-refractivity contribution in [3.05, 3.63) is 47.5 Å². The predicted octanol–water partition coefficient (Wildman–Crippen LogP) is 6.84. The van der Waals surface area contributed by atoms with Crippen molar-refractivity contribution in [2.45, 2.75) is 97.3 Å². The molecule has 0 saturated carbocycles. The van der Waals surface area contributed by atoms with Crippen LogP contribution in [0.25, 0.3) is 0 Å². The molecular weight excluding hydrogens is 442 g/mol. The Labute approximate surface area is 206 Å². The van der Waals surface area contributed by atoms with Gasteiger partial charge in [-0.2, -0.15) is 0 Å². The summed E-state index contributed by atoms with van der Waals surface area (Å²) in [6, 6.07) is 14.0. The van der Waals surface area contributed by atoms with Crippen LogP contribution in [0.5, 0.6) is 0 Å². The van der Waals surface area contributed by atoms with E-state index in [1.54, 1.807) is 0 Å². The van der Waals surface area contributed by atoms with Crippen LogP contribution < -0.4 is 0 Å². The minimum atomic E-state index is -1.88. The maximum Gasteiger partial charge on any atom is 0.192 e. The molecule has 0 aromatic heterocycles. The highest BCUT2D eigenvalue weighted by Crippen LogP contribution is 2.36. The zero-order chi connectivity index (χ0) is 25.1. The van der Waals surface area contributed by atoms with Gasteiger partial charge in [0.25, 0.3) is 0 Å². The van der Waals surface area contributed by atoms with Crippen LogP contribution in [0.4, 0.5) is 0 Å². The summed E-state index contributed by atoms with van der Waals surface area (Å²) in [7, 11) is -3.47. The lowest BCUT2D eigenvalue weighted by molar-refractivity contribution is 0.0803. The van der Waals surface area contributed by atoms with E-state index >= 15 is 0 Å². The van der Waals surface area contributed by atoms with E-state index in [4.69, 9.17) is 8.85 Å². The van der Waals surface area contributed by atoms with Crippen LogP contribution >= 0.6 is 0 Å². The third-order valence-corrected chi connectivity index (χ3v) is 16.7. The average Bonchev–Trinajstić information content (AvgIpc) is 2.78. The number of aliphatic hydroxyl groups excluding tert-OH is 1. The second kappa shape index (κ2) is 14.0. The monoisotopic (exact) mass is 493 g/mol. The molecule has 0 radical (unpaired) electrons. The Morgan fingerprint density at radius 3 is 2.09 bits per heavy atom. The molecule has 190 valence electrons. The Bertz CT molecular complexity index is 689. The van der Waals surface area contributed by atoms with Gasteiger partial charge in [-0.25, -0.2) is 0 Å². The van der Waals surface area contributed by atoms with E-state index in [2.05, 4.69) is 96.8 Å². The van der Waals surface area contributed by atoms with E-state index in [0.717, 1.165) is 13.1 Å². The normalized spacial score (nSPS) is 14.7. The van der Waals surface area contributed by atoms with Gasteiger partial charge in [0.15, 0.2) is 16.6 Å². The summed E-state index contributed by atoms with van der Waals surface area (Å²) in [6.45, 7) is 23.2. The fourth-order valence-electron chi connectivity index (χ4n) is 3.61. The van der Waals surface area contributed by atoms with Crippen LogP contribution in [0.2, 0.25) is 36.3 Å². The van der Waals surface area contributed by atoms with Crippen LogP contribution in [0.3, 0.4) is 0 Å². The molecule has 1 aromatic carbocycles. The van der Waals surface area contributed by atoms with E-state index in [1.807, 2.05) is 6.07 Å². The summed E-state index contributed by atoms with van der Waals surface area (Å²) >= 11 is 0. The molecular formula is C27H51NO3Si2. The average molecular weight is 494 g/mol. The summed E-state index contributed by atoms with van der Waals surface area (Å²) in [5.74, 6) is 0. The first-order valence-electron chi connectivity index (χ1n) is 12.8. The molecule has 1 rings (SSSR count). The molecule has 1 atom stereocenters. The number of aliphatic hydroxyl groups is 1. The summed E-state index contributed by atoms with van der Waals surface area (Å²) in [5, 5.41) is 10.5. The Morgan fingerprint density at radius 2 is 1.61 bits per heavy atom. The van der Waals surface area contributed by atoms with Crippen LogP contribution in [-0.2, 0) is 15.4 Å². The van der Waals surface area contributed by atoms with Crippen LogP contribution in [0.15, 0.2) is 42.0 Å². The maximum absolute atomic E-state index is 10.3. The van der Waals surface area contributed by atoms with Crippen molar-refractivity contribution in [3.63, 3.8) is 0 Å². The van der Waals surface area contributed by atoms with Gasteiger partial charge in [0, 0.05) is 13.1 Å². The van der Waals surface area contributed by atoms with Gasteiger partial charge in [0.2, 0.25) is 0 Å². The highest BCUT2D eigenvalue weighted by atomic mass is 28.4. The van der Waals surface area contributed by atoms with Gasteiger partial charge in [0.05, 0.1) is 25.9 Å². The first-order valence-corrected chi connectivity index (χ1v) is 18.2.